The van der Waals surface area contributed by atoms with E-state index in [0.29, 0.717) is 18.7 Å². The molecule has 0 fully saturated rings. The van der Waals surface area contributed by atoms with Crippen molar-refractivity contribution in [3.63, 3.8) is 0 Å². The van der Waals surface area contributed by atoms with Crippen molar-refractivity contribution in [1.82, 2.24) is 20.2 Å². The van der Waals surface area contributed by atoms with Crippen molar-refractivity contribution in [1.29, 1.82) is 0 Å². The third-order valence-corrected chi connectivity index (χ3v) is 4.51. The minimum atomic E-state index is -0.744. The fraction of sp³-hybridized carbons (Fsp3) is 0.389. The van der Waals surface area contributed by atoms with Gasteiger partial charge in [0.15, 0.2) is 0 Å². The Morgan fingerprint density at radius 1 is 1.35 bits per heavy atom. The molecule has 3 rings (SSSR count). The largest absolute Gasteiger partial charge is 0.496 e. The molecule has 1 aliphatic rings. The topological polar surface area (TPSA) is 96.6 Å². The number of benzene rings is 1. The molecule has 0 aliphatic carbocycles. The number of nitrogens with one attached hydrogen (secondary N) is 2. The number of rotatable bonds is 4. The average molecular weight is 358 g/mol. The summed E-state index contributed by atoms with van der Waals surface area (Å²) >= 11 is 0. The van der Waals surface area contributed by atoms with Crippen LogP contribution in [-0.2, 0) is 16.0 Å². The number of esters is 1. The molecule has 2 aromatic rings. The second-order valence-electron chi connectivity index (χ2n) is 6.05. The minimum Gasteiger partial charge on any atom is -0.496 e. The molecule has 0 saturated heterocycles. The van der Waals surface area contributed by atoms with Gasteiger partial charge in [0, 0.05) is 24.2 Å². The summed E-state index contributed by atoms with van der Waals surface area (Å²) in [5, 5.41) is 2.69. The highest BCUT2D eigenvalue weighted by atomic mass is 16.5. The maximum atomic E-state index is 12.9. The van der Waals surface area contributed by atoms with Crippen LogP contribution in [0.25, 0.3) is 0 Å². The van der Waals surface area contributed by atoms with Gasteiger partial charge in [0.25, 0.3) is 0 Å². The number of H-pyrrole nitrogens is 1. The molecule has 0 bridgehead atoms. The lowest BCUT2D eigenvalue weighted by atomic mass is 9.95. The number of hydrogen-bond acceptors (Lipinski definition) is 5. The van der Waals surface area contributed by atoms with Crippen molar-refractivity contribution >= 4 is 12.0 Å². The van der Waals surface area contributed by atoms with Crippen LogP contribution < -0.4 is 10.1 Å². The van der Waals surface area contributed by atoms with E-state index < -0.39 is 18.1 Å². The fourth-order valence-electron chi connectivity index (χ4n) is 3.21. The van der Waals surface area contributed by atoms with E-state index in [-0.39, 0.29) is 6.03 Å². The number of imidazole rings is 1. The molecule has 8 heteroatoms. The van der Waals surface area contributed by atoms with E-state index >= 15 is 0 Å². The van der Waals surface area contributed by atoms with Gasteiger partial charge >= 0.3 is 12.0 Å². The highest BCUT2D eigenvalue weighted by Gasteiger charge is 2.36. The number of para-hydroxylation sites is 1. The van der Waals surface area contributed by atoms with Crippen LogP contribution in [0.5, 0.6) is 5.75 Å². The van der Waals surface area contributed by atoms with Gasteiger partial charge in [0.05, 0.1) is 26.2 Å². The van der Waals surface area contributed by atoms with Crippen molar-refractivity contribution in [2.24, 2.45) is 0 Å². The Bertz CT molecular complexity index is 804. The Labute approximate surface area is 151 Å². The van der Waals surface area contributed by atoms with Crippen LogP contribution in [-0.4, -0.2) is 53.7 Å². The van der Waals surface area contributed by atoms with Gasteiger partial charge in [-0.1, -0.05) is 18.2 Å². The lowest BCUT2D eigenvalue weighted by Gasteiger charge is -2.36. The van der Waals surface area contributed by atoms with Crippen molar-refractivity contribution in [3.05, 3.63) is 47.5 Å². The molecule has 1 aliphatic heterocycles. The third-order valence-electron chi connectivity index (χ3n) is 4.51. The van der Waals surface area contributed by atoms with Gasteiger partial charge in [-0.15, -0.1) is 0 Å². The minimum absolute atomic E-state index is 0.354. The monoisotopic (exact) mass is 358 g/mol. The van der Waals surface area contributed by atoms with Gasteiger partial charge in [-0.3, -0.25) is 0 Å². The van der Waals surface area contributed by atoms with Crippen LogP contribution >= 0.6 is 0 Å². The first-order valence-electron chi connectivity index (χ1n) is 8.36. The summed E-state index contributed by atoms with van der Waals surface area (Å²) in [6.45, 7) is 2.07. The second kappa shape index (κ2) is 7.47. The Hall–Kier alpha value is -3.03. The number of urea groups is 1. The number of hydrogen-bond donors (Lipinski definition) is 2. The molecule has 26 heavy (non-hydrogen) atoms. The summed E-state index contributed by atoms with van der Waals surface area (Å²) in [4.78, 5) is 33.8. The van der Waals surface area contributed by atoms with Crippen molar-refractivity contribution in [2.45, 2.75) is 25.4 Å². The third kappa shape index (κ3) is 3.22. The zero-order valence-electron chi connectivity index (χ0n) is 15.0. The summed E-state index contributed by atoms with van der Waals surface area (Å²) in [5.41, 5.74) is 2.61. The highest BCUT2D eigenvalue weighted by Crippen LogP contribution is 2.37. The predicted molar refractivity (Wildman–Crippen MR) is 93.8 cm³/mol. The number of carbonyl (C=O) groups excluding carboxylic acids is 2. The summed E-state index contributed by atoms with van der Waals surface area (Å²) in [6.07, 6.45) is 2.28. The number of ether oxygens (including phenoxy) is 2. The first-order valence-corrected chi connectivity index (χ1v) is 8.36. The predicted octanol–water partition coefficient (Wildman–Crippen LogP) is 1.64. The SMILES string of the molecule is COC(=O)[C@@H](C)NC(=O)N1CCc2[nH]cnc2[C@@H]1c1ccccc1OC. The molecule has 138 valence electrons. The molecule has 2 amide bonds. The van der Waals surface area contributed by atoms with Gasteiger partial charge in [-0.05, 0) is 13.0 Å². The van der Waals surface area contributed by atoms with Gasteiger partial charge in [0.2, 0.25) is 0 Å². The lowest BCUT2D eigenvalue weighted by Crippen LogP contribution is -2.50. The molecule has 2 heterocycles. The van der Waals surface area contributed by atoms with Crippen LogP contribution in [0.1, 0.15) is 29.9 Å². The van der Waals surface area contributed by atoms with Gasteiger partial charge in [-0.2, -0.15) is 0 Å². The van der Waals surface area contributed by atoms with Crippen LogP contribution in [0.4, 0.5) is 4.79 Å². The van der Waals surface area contributed by atoms with E-state index in [1.807, 2.05) is 24.3 Å². The maximum Gasteiger partial charge on any atom is 0.328 e. The van der Waals surface area contributed by atoms with E-state index in [1.165, 1.54) is 7.11 Å². The van der Waals surface area contributed by atoms with Crippen LogP contribution in [0.2, 0.25) is 0 Å². The number of fused-ring (bicyclic) bond motifs is 1. The Kier molecular flexibility index (Phi) is 5.11. The molecule has 0 radical (unpaired) electrons. The van der Waals surface area contributed by atoms with Gasteiger partial charge < -0.3 is 24.7 Å². The van der Waals surface area contributed by atoms with E-state index in [1.54, 1.807) is 25.3 Å². The molecule has 0 unspecified atom stereocenters. The number of methoxy groups -OCH3 is 2. The molecule has 2 atom stereocenters. The molecular formula is C18H22N4O4. The first-order chi connectivity index (χ1) is 12.6. The number of amides is 2. The zero-order valence-corrected chi connectivity index (χ0v) is 15.0. The quantitative estimate of drug-likeness (QED) is 0.810. The van der Waals surface area contributed by atoms with Crippen molar-refractivity contribution < 1.29 is 19.1 Å². The van der Waals surface area contributed by atoms with E-state index in [0.717, 1.165) is 17.0 Å². The first kappa shape index (κ1) is 17.8. The smallest absolute Gasteiger partial charge is 0.328 e. The van der Waals surface area contributed by atoms with E-state index in [9.17, 15) is 9.59 Å². The molecule has 1 aromatic heterocycles. The van der Waals surface area contributed by atoms with Crippen molar-refractivity contribution in [2.75, 3.05) is 20.8 Å². The van der Waals surface area contributed by atoms with E-state index in [2.05, 4.69) is 20.0 Å². The zero-order chi connectivity index (χ0) is 18.7. The number of aromatic amines is 1. The summed E-state index contributed by atoms with van der Waals surface area (Å²) in [5.74, 6) is 0.178. The van der Waals surface area contributed by atoms with E-state index in [4.69, 9.17) is 4.74 Å². The Morgan fingerprint density at radius 2 is 2.12 bits per heavy atom. The van der Waals surface area contributed by atoms with Gasteiger partial charge in [-0.25, -0.2) is 14.6 Å². The number of aromatic nitrogens is 2. The summed E-state index contributed by atoms with van der Waals surface area (Å²) < 4.78 is 10.2. The summed E-state index contributed by atoms with van der Waals surface area (Å²) in [6, 6.07) is 6.03. The van der Waals surface area contributed by atoms with Gasteiger partial charge in [0.1, 0.15) is 17.8 Å². The maximum absolute atomic E-state index is 12.9. The average Bonchev–Trinajstić information content (AvgIpc) is 3.15. The Balaban J connectivity index is 1.96. The Morgan fingerprint density at radius 3 is 2.85 bits per heavy atom. The number of carbonyl (C=O) groups is 2. The molecule has 8 nitrogen and oxygen atoms in total. The molecule has 0 spiro atoms. The second-order valence-corrected chi connectivity index (χ2v) is 6.05. The van der Waals surface area contributed by atoms with Crippen molar-refractivity contribution in [3.8, 4) is 5.75 Å². The van der Waals surface area contributed by atoms with Crippen LogP contribution in [0.3, 0.4) is 0 Å². The standard InChI is InChI=1S/C18H22N4O4/c1-11(17(23)26-3)21-18(24)22-9-8-13-15(20-10-19-13)16(22)12-6-4-5-7-14(12)25-2/h4-7,10-11,16H,8-9H2,1-3H3,(H,19,20)(H,21,24)/t11-,16+/m1/s1. The molecule has 1 aromatic carbocycles. The number of nitrogens with zero attached hydrogens (tertiary/aromatic N) is 2. The lowest BCUT2D eigenvalue weighted by molar-refractivity contribution is -0.142. The molecule has 2 N–H and O–H groups in total. The molecule has 0 saturated carbocycles. The van der Waals surface area contributed by atoms with Crippen LogP contribution in [0.15, 0.2) is 30.6 Å². The highest BCUT2D eigenvalue weighted by molar-refractivity contribution is 5.83. The molecular weight excluding hydrogens is 336 g/mol. The normalized spacial score (nSPS) is 17.2. The fourth-order valence-corrected chi connectivity index (χ4v) is 3.21. The van der Waals surface area contributed by atoms with Crippen LogP contribution in [0, 0.1) is 0 Å². The summed E-state index contributed by atoms with van der Waals surface area (Å²) in [7, 11) is 2.89.